The summed E-state index contributed by atoms with van der Waals surface area (Å²) in [7, 11) is 0. The largest absolute Gasteiger partial charge is 0.458 e. The number of hydrogen-bond donors (Lipinski definition) is 0. The summed E-state index contributed by atoms with van der Waals surface area (Å²) < 4.78 is 10.5. The molecule has 0 aliphatic rings. The number of ether oxygens (including phenoxy) is 2. The van der Waals surface area contributed by atoms with E-state index >= 15 is 0 Å². The van der Waals surface area contributed by atoms with Gasteiger partial charge in [0.15, 0.2) is 0 Å². The van der Waals surface area contributed by atoms with Crippen molar-refractivity contribution in [1.29, 1.82) is 0 Å². The average Bonchev–Trinajstić information content (AvgIpc) is 2.71. The molecule has 0 radical (unpaired) electrons. The van der Waals surface area contributed by atoms with Crippen molar-refractivity contribution >= 4 is 11.9 Å². The fraction of sp³-hybridized carbons (Fsp3) is 0.500. The Hall–Kier alpha value is -2.62. The molecule has 0 aliphatic carbocycles. The van der Waals surface area contributed by atoms with E-state index in [1.807, 2.05) is 13.0 Å². The molecular weight excluding hydrogens is 400 g/mol. The van der Waals surface area contributed by atoms with Crippen molar-refractivity contribution in [1.82, 2.24) is 0 Å². The van der Waals surface area contributed by atoms with E-state index in [0.717, 1.165) is 49.7 Å². The van der Waals surface area contributed by atoms with Gasteiger partial charge in [-0.05, 0) is 91.7 Å². The van der Waals surface area contributed by atoms with Gasteiger partial charge in [-0.2, -0.15) is 0 Å². The fourth-order valence-electron chi connectivity index (χ4n) is 2.83. The van der Waals surface area contributed by atoms with Crippen LogP contribution in [0.2, 0.25) is 0 Å². The maximum atomic E-state index is 11.7. The monoisotopic (exact) mass is 442 g/mol. The van der Waals surface area contributed by atoms with Crippen molar-refractivity contribution in [3.05, 3.63) is 70.9 Å². The van der Waals surface area contributed by atoms with E-state index in [-0.39, 0.29) is 18.5 Å². The van der Waals surface area contributed by atoms with Gasteiger partial charge in [-0.15, -0.1) is 0 Å². The highest BCUT2D eigenvalue weighted by Gasteiger charge is 2.03. The Morgan fingerprint density at radius 1 is 0.656 bits per heavy atom. The van der Waals surface area contributed by atoms with Crippen LogP contribution in [-0.4, -0.2) is 25.2 Å². The molecular formula is C28H42O4. The summed E-state index contributed by atoms with van der Waals surface area (Å²) in [6, 6.07) is 0. The molecule has 0 aromatic heterocycles. The van der Waals surface area contributed by atoms with Gasteiger partial charge in [-0.3, -0.25) is 0 Å². The first kappa shape index (κ1) is 29.4. The summed E-state index contributed by atoms with van der Waals surface area (Å²) in [5.74, 6) is -0.642. The molecule has 0 fully saturated rings. The van der Waals surface area contributed by atoms with Crippen LogP contribution in [0.4, 0.5) is 0 Å². The van der Waals surface area contributed by atoms with Gasteiger partial charge in [-0.1, -0.05) is 47.1 Å². The maximum absolute atomic E-state index is 11.7. The molecule has 178 valence electrons. The molecule has 4 heteroatoms. The molecule has 0 heterocycles. The Labute approximate surface area is 195 Å². The van der Waals surface area contributed by atoms with Crippen molar-refractivity contribution < 1.29 is 19.1 Å². The molecule has 0 saturated carbocycles. The van der Waals surface area contributed by atoms with Crippen LogP contribution in [-0.2, 0) is 19.1 Å². The Morgan fingerprint density at radius 3 is 1.78 bits per heavy atom. The fourth-order valence-corrected chi connectivity index (χ4v) is 2.83. The predicted molar refractivity (Wildman–Crippen MR) is 134 cm³/mol. The number of carbonyl (C=O) groups excluding carboxylic acids is 2. The zero-order valence-corrected chi connectivity index (χ0v) is 20.9. The lowest BCUT2D eigenvalue weighted by Crippen LogP contribution is -2.05. The van der Waals surface area contributed by atoms with Gasteiger partial charge in [0.25, 0.3) is 0 Å². The summed E-state index contributed by atoms with van der Waals surface area (Å²) in [6.07, 6.45) is 20.5. The molecule has 0 aliphatic heterocycles. The molecule has 0 spiro atoms. The molecule has 0 N–H and O–H groups in total. The summed E-state index contributed by atoms with van der Waals surface area (Å²) >= 11 is 0. The molecule has 0 bridgehead atoms. The van der Waals surface area contributed by atoms with Crippen LogP contribution >= 0.6 is 0 Å². The van der Waals surface area contributed by atoms with Crippen molar-refractivity contribution in [2.75, 3.05) is 13.2 Å². The second-order valence-electron chi connectivity index (χ2n) is 8.10. The van der Waals surface area contributed by atoms with E-state index in [4.69, 9.17) is 9.47 Å². The first-order valence-corrected chi connectivity index (χ1v) is 11.5. The second kappa shape index (κ2) is 19.1. The van der Waals surface area contributed by atoms with E-state index in [2.05, 4.69) is 39.0 Å². The molecule has 4 nitrogen and oxygen atoms in total. The van der Waals surface area contributed by atoms with Crippen LogP contribution in [0.5, 0.6) is 0 Å². The maximum Gasteiger partial charge on any atom is 0.330 e. The van der Waals surface area contributed by atoms with Gasteiger partial charge >= 0.3 is 11.9 Å². The third-order valence-corrected chi connectivity index (χ3v) is 4.68. The minimum absolute atomic E-state index is 0.281. The van der Waals surface area contributed by atoms with Crippen molar-refractivity contribution in [2.24, 2.45) is 0 Å². The first-order valence-electron chi connectivity index (χ1n) is 11.5. The molecule has 32 heavy (non-hydrogen) atoms. The lowest BCUT2D eigenvalue weighted by atomic mass is 10.0. The van der Waals surface area contributed by atoms with Crippen LogP contribution in [0.25, 0.3) is 0 Å². The summed E-state index contributed by atoms with van der Waals surface area (Å²) in [5.41, 5.74) is 5.03. The average molecular weight is 443 g/mol. The summed E-state index contributed by atoms with van der Waals surface area (Å²) in [6.45, 7) is 12.6. The number of rotatable bonds is 15. The molecule has 0 amide bonds. The first-order chi connectivity index (χ1) is 15.3. The normalized spacial score (nSPS) is 13.0. The highest BCUT2D eigenvalue weighted by atomic mass is 16.5. The second-order valence-corrected chi connectivity index (χ2v) is 8.10. The number of carbonyl (C=O) groups is 2. The quantitative estimate of drug-likeness (QED) is 0.151. The van der Waals surface area contributed by atoms with Crippen molar-refractivity contribution in [3.63, 3.8) is 0 Å². The third-order valence-electron chi connectivity index (χ3n) is 4.68. The minimum Gasteiger partial charge on any atom is -0.458 e. The van der Waals surface area contributed by atoms with Gasteiger partial charge in [-0.25, -0.2) is 9.59 Å². The number of esters is 2. The highest BCUT2D eigenvalue weighted by molar-refractivity contribution is 5.82. The van der Waals surface area contributed by atoms with Crippen LogP contribution in [0.3, 0.4) is 0 Å². The van der Waals surface area contributed by atoms with Crippen LogP contribution in [0.1, 0.15) is 80.1 Å². The Bertz CT molecular complexity index is 741. The van der Waals surface area contributed by atoms with E-state index in [0.29, 0.717) is 6.61 Å². The molecule has 0 atom stereocenters. The Morgan fingerprint density at radius 2 is 1.19 bits per heavy atom. The Balaban J connectivity index is 4.75. The zero-order valence-electron chi connectivity index (χ0n) is 20.9. The van der Waals surface area contributed by atoms with Crippen LogP contribution < -0.4 is 0 Å². The summed E-state index contributed by atoms with van der Waals surface area (Å²) in [5, 5.41) is 0. The third kappa shape index (κ3) is 18.2. The zero-order chi connectivity index (χ0) is 24.2. The molecule has 0 aromatic rings. The van der Waals surface area contributed by atoms with Gasteiger partial charge in [0.2, 0.25) is 0 Å². The lowest BCUT2D eigenvalue weighted by molar-refractivity contribution is -0.137. The van der Waals surface area contributed by atoms with Crippen LogP contribution in [0.15, 0.2) is 70.9 Å². The molecule has 0 rings (SSSR count). The van der Waals surface area contributed by atoms with Crippen molar-refractivity contribution in [3.8, 4) is 0 Å². The highest BCUT2D eigenvalue weighted by Crippen LogP contribution is 2.15. The Kier molecular flexibility index (Phi) is 17.5. The van der Waals surface area contributed by atoms with Gasteiger partial charge in [0.05, 0.1) is 0 Å². The van der Waals surface area contributed by atoms with Gasteiger partial charge in [0.1, 0.15) is 13.2 Å². The smallest absolute Gasteiger partial charge is 0.330 e. The number of hydrogen-bond acceptors (Lipinski definition) is 4. The molecule has 0 unspecified atom stereocenters. The minimum atomic E-state index is -0.328. The standard InChI is InChI=1S/C28H42O4/c1-7-12-27(29)31-21-20-25(6)17-11-19-26(22-32-28(30)13-8-2)18-10-16-24(5)15-9-14-23(3)4/h7-8,12-14,16,19-20H,9-11,15,17-18,21-22H2,1-6H3. The van der Waals surface area contributed by atoms with Crippen molar-refractivity contribution in [2.45, 2.75) is 80.1 Å². The molecule has 0 aromatic carbocycles. The topological polar surface area (TPSA) is 52.6 Å². The molecule has 0 saturated heterocycles. The predicted octanol–water partition coefficient (Wildman–Crippen LogP) is 7.35. The van der Waals surface area contributed by atoms with Gasteiger partial charge in [0, 0.05) is 12.2 Å². The van der Waals surface area contributed by atoms with Crippen LogP contribution in [0, 0.1) is 0 Å². The van der Waals surface area contributed by atoms with Gasteiger partial charge < -0.3 is 9.47 Å². The van der Waals surface area contributed by atoms with E-state index in [9.17, 15) is 9.59 Å². The lowest BCUT2D eigenvalue weighted by Gasteiger charge is -2.08. The van der Waals surface area contributed by atoms with E-state index in [1.54, 1.807) is 26.0 Å². The van der Waals surface area contributed by atoms with E-state index < -0.39 is 0 Å². The van der Waals surface area contributed by atoms with E-state index in [1.165, 1.54) is 23.3 Å². The number of allylic oxidation sites excluding steroid dienone is 8. The SMILES string of the molecule is CC=CC(=O)OCC=C(C)CCC=C(CCC=C(C)CCC=C(C)C)COC(=O)C=CC. The summed E-state index contributed by atoms with van der Waals surface area (Å²) in [4.78, 5) is 23.0.